The van der Waals surface area contributed by atoms with E-state index >= 15 is 0 Å². The Balaban J connectivity index is 0.00000242. The first-order chi connectivity index (χ1) is 9.99. The number of benzene rings is 1. The molecule has 0 saturated carbocycles. The van der Waals surface area contributed by atoms with Crippen molar-refractivity contribution in [3.8, 4) is 0 Å². The van der Waals surface area contributed by atoms with Crippen molar-refractivity contribution in [3.05, 3.63) is 35.9 Å². The average molecular weight is 330 g/mol. The summed E-state index contributed by atoms with van der Waals surface area (Å²) in [5, 5.41) is 8.70. The molecule has 0 aromatic heterocycles. The number of halogens is 1. The SMILES string of the molecule is Cl.O=C(O)C[C@H]1C(=O)OCN1C(=O)OC(=O)c1ccccc1. The zero-order valence-corrected chi connectivity index (χ0v) is 11.9. The molecule has 2 rings (SSSR count). The van der Waals surface area contributed by atoms with Crippen LogP contribution in [0.1, 0.15) is 16.8 Å². The second-order valence-corrected chi connectivity index (χ2v) is 4.20. The maximum Gasteiger partial charge on any atom is 0.421 e. The highest BCUT2D eigenvalue weighted by molar-refractivity contribution is 5.97. The lowest BCUT2D eigenvalue weighted by Gasteiger charge is -2.17. The summed E-state index contributed by atoms with van der Waals surface area (Å²) in [4.78, 5) is 46.3. The lowest BCUT2D eigenvalue weighted by atomic mass is 10.2. The van der Waals surface area contributed by atoms with Crippen LogP contribution in [0.2, 0.25) is 0 Å². The van der Waals surface area contributed by atoms with Crippen molar-refractivity contribution in [2.45, 2.75) is 12.5 Å². The Bertz CT molecular complexity index is 589. The van der Waals surface area contributed by atoms with Crippen molar-refractivity contribution in [3.63, 3.8) is 0 Å². The van der Waals surface area contributed by atoms with Gasteiger partial charge in [0.05, 0.1) is 12.0 Å². The van der Waals surface area contributed by atoms with E-state index in [1.54, 1.807) is 18.2 Å². The largest absolute Gasteiger partial charge is 0.481 e. The van der Waals surface area contributed by atoms with Crippen molar-refractivity contribution in [1.29, 1.82) is 0 Å². The lowest BCUT2D eigenvalue weighted by Crippen LogP contribution is -2.40. The van der Waals surface area contributed by atoms with E-state index in [-0.39, 0.29) is 18.0 Å². The number of rotatable bonds is 3. The molecule has 0 aliphatic carbocycles. The van der Waals surface area contributed by atoms with Crippen LogP contribution in [0.5, 0.6) is 0 Å². The molecule has 1 atom stereocenters. The van der Waals surface area contributed by atoms with E-state index in [1.165, 1.54) is 12.1 Å². The molecule has 0 bridgehead atoms. The summed E-state index contributed by atoms with van der Waals surface area (Å²) >= 11 is 0. The third-order valence-corrected chi connectivity index (χ3v) is 2.79. The summed E-state index contributed by atoms with van der Waals surface area (Å²) in [6, 6.07) is 6.49. The number of carbonyl (C=O) groups is 4. The van der Waals surface area contributed by atoms with E-state index in [2.05, 4.69) is 9.47 Å². The van der Waals surface area contributed by atoms with Gasteiger partial charge in [0.1, 0.15) is 6.04 Å². The molecule has 1 heterocycles. The Kier molecular flexibility index (Phi) is 5.88. The van der Waals surface area contributed by atoms with Gasteiger partial charge in [-0.15, -0.1) is 12.4 Å². The number of carboxylic acids is 1. The first-order valence-corrected chi connectivity index (χ1v) is 5.95. The molecule has 1 amide bonds. The van der Waals surface area contributed by atoms with Gasteiger partial charge in [-0.25, -0.2) is 14.4 Å². The molecule has 22 heavy (non-hydrogen) atoms. The van der Waals surface area contributed by atoms with Crippen molar-refractivity contribution in [2.24, 2.45) is 0 Å². The number of hydrogen-bond acceptors (Lipinski definition) is 6. The minimum atomic E-state index is -1.29. The van der Waals surface area contributed by atoms with Crippen LogP contribution < -0.4 is 0 Å². The highest BCUT2D eigenvalue weighted by Crippen LogP contribution is 2.16. The predicted molar refractivity (Wildman–Crippen MR) is 73.3 cm³/mol. The standard InChI is InChI=1S/C13H11NO7.ClH/c15-10(16)6-9-12(18)20-7-14(9)13(19)21-11(17)8-4-2-1-3-5-8;/h1-5,9H,6-7H2,(H,15,16);1H/t9-;/m0./s1. The zero-order chi connectivity index (χ0) is 15.4. The fourth-order valence-electron chi connectivity index (χ4n) is 1.76. The Morgan fingerprint density at radius 2 is 1.91 bits per heavy atom. The number of esters is 2. The summed E-state index contributed by atoms with van der Waals surface area (Å²) in [5.74, 6) is -3.01. The van der Waals surface area contributed by atoms with Crippen LogP contribution in [0.15, 0.2) is 30.3 Å². The highest BCUT2D eigenvalue weighted by atomic mass is 35.5. The molecule has 1 aliphatic rings. The Hall–Kier alpha value is -2.61. The normalized spacial score (nSPS) is 16.5. The Morgan fingerprint density at radius 1 is 1.27 bits per heavy atom. The second-order valence-electron chi connectivity index (χ2n) is 4.20. The summed E-state index contributed by atoms with van der Waals surface area (Å²) in [7, 11) is 0. The maximum absolute atomic E-state index is 11.8. The summed E-state index contributed by atoms with van der Waals surface area (Å²) in [6.07, 6.45) is -1.74. The van der Waals surface area contributed by atoms with E-state index in [1.807, 2.05) is 0 Å². The van der Waals surface area contributed by atoms with E-state index in [9.17, 15) is 19.2 Å². The number of amides is 1. The molecule has 1 fully saturated rings. The van der Waals surface area contributed by atoms with Crippen LogP contribution in [-0.2, 0) is 19.1 Å². The van der Waals surface area contributed by atoms with Gasteiger partial charge in [-0.05, 0) is 12.1 Å². The maximum atomic E-state index is 11.8. The molecule has 1 saturated heterocycles. The third kappa shape index (κ3) is 3.95. The van der Waals surface area contributed by atoms with Crippen molar-refractivity contribution in [1.82, 2.24) is 4.90 Å². The predicted octanol–water partition coefficient (Wildman–Crippen LogP) is 1.04. The molecule has 0 spiro atoms. The Morgan fingerprint density at radius 3 is 2.50 bits per heavy atom. The Labute approximate surface area is 131 Å². The van der Waals surface area contributed by atoms with Gasteiger partial charge in [0.2, 0.25) is 0 Å². The molecule has 118 valence electrons. The summed E-state index contributed by atoms with van der Waals surface area (Å²) in [5.41, 5.74) is 0.159. The highest BCUT2D eigenvalue weighted by Gasteiger charge is 2.40. The summed E-state index contributed by atoms with van der Waals surface area (Å²) < 4.78 is 9.20. The van der Waals surface area contributed by atoms with Crippen molar-refractivity contribution >= 4 is 36.4 Å². The molecule has 8 nitrogen and oxygen atoms in total. The van der Waals surface area contributed by atoms with Gasteiger partial charge in [0, 0.05) is 0 Å². The van der Waals surface area contributed by atoms with Crippen LogP contribution in [-0.4, -0.2) is 46.8 Å². The average Bonchev–Trinajstić information content (AvgIpc) is 2.80. The van der Waals surface area contributed by atoms with Crippen LogP contribution in [0.4, 0.5) is 4.79 Å². The number of ether oxygens (including phenoxy) is 2. The lowest BCUT2D eigenvalue weighted by molar-refractivity contribution is -0.144. The molecule has 1 aliphatic heterocycles. The van der Waals surface area contributed by atoms with Gasteiger partial charge in [-0.3, -0.25) is 9.69 Å². The number of cyclic esters (lactones) is 1. The molecule has 1 aromatic carbocycles. The third-order valence-electron chi connectivity index (χ3n) is 2.79. The van der Waals surface area contributed by atoms with E-state index in [0.29, 0.717) is 0 Å². The molecule has 1 aromatic rings. The quantitative estimate of drug-likeness (QED) is 0.651. The smallest absolute Gasteiger partial charge is 0.421 e. The van der Waals surface area contributed by atoms with E-state index < -0.39 is 43.2 Å². The van der Waals surface area contributed by atoms with Crippen molar-refractivity contribution < 1.29 is 33.8 Å². The van der Waals surface area contributed by atoms with Crippen LogP contribution in [0, 0.1) is 0 Å². The number of nitrogens with zero attached hydrogens (tertiary/aromatic N) is 1. The van der Waals surface area contributed by atoms with Gasteiger partial charge in [-0.1, -0.05) is 18.2 Å². The fraction of sp³-hybridized carbons (Fsp3) is 0.231. The van der Waals surface area contributed by atoms with Gasteiger partial charge in [0.15, 0.2) is 6.73 Å². The number of aliphatic carboxylic acids is 1. The number of hydrogen-bond donors (Lipinski definition) is 1. The first-order valence-electron chi connectivity index (χ1n) is 5.95. The minimum Gasteiger partial charge on any atom is -0.481 e. The molecular weight excluding hydrogens is 318 g/mol. The van der Waals surface area contributed by atoms with Gasteiger partial charge >= 0.3 is 24.0 Å². The monoisotopic (exact) mass is 329 g/mol. The molecule has 0 radical (unpaired) electrons. The van der Waals surface area contributed by atoms with Crippen LogP contribution in [0.25, 0.3) is 0 Å². The minimum absolute atomic E-state index is 0. The number of carboxylic acid groups (broad SMARTS) is 1. The molecule has 1 N–H and O–H groups in total. The first kappa shape index (κ1) is 17.4. The van der Waals surface area contributed by atoms with Gasteiger partial charge in [-0.2, -0.15) is 0 Å². The van der Waals surface area contributed by atoms with Crippen LogP contribution in [0.3, 0.4) is 0 Å². The summed E-state index contributed by atoms with van der Waals surface area (Å²) in [6.45, 7) is -0.447. The van der Waals surface area contributed by atoms with Crippen LogP contribution >= 0.6 is 12.4 Å². The second kappa shape index (κ2) is 7.41. The molecular formula is C13H12ClNO7. The van der Waals surface area contributed by atoms with Gasteiger partial charge < -0.3 is 14.6 Å². The fourth-order valence-corrected chi connectivity index (χ4v) is 1.76. The van der Waals surface area contributed by atoms with Crippen molar-refractivity contribution in [2.75, 3.05) is 6.73 Å². The number of carbonyl (C=O) groups excluding carboxylic acids is 3. The molecule has 9 heteroatoms. The van der Waals surface area contributed by atoms with Gasteiger partial charge in [0.25, 0.3) is 0 Å². The topological polar surface area (TPSA) is 110 Å². The van der Waals surface area contributed by atoms with E-state index in [0.717, 1.165) is 4.90 Å². The van der Waals surface area contributed by atoms with E-state index in [4.69, 9.17) is 5.11 Å². The molecule has 0 unspecified atom stereocenters. The zero-order valence-electron chi connectivity index (χ0n) is 11.1.